The van der Waals surface area contributed by atoms with Crippen LogP contribution in [0.4, 0.5) is 0 Å². The molecule has 1 unspecified atom stereocenters. The molecule has 6 nitrogen and oxygen atoms in total. The maximum absolute atomic E-state index is 12.7. The number of amides is 3. The van der Waals surface area contributed by atoms with Crippen molar-refractivity contribution in [2.24, 2.45) is 0 Å². The minimum atomic E-state index is -0.316. The summed E-state index contributed by atoms with van der Waals surface area (Å²) in [6, 6.07) is 10.6. The zero-order valence-electron chi connectivity index (χ0n) is 14.3. The van der Waals surface area contributed by atoms with Gasteiger partial charge in [0.15, 0.2) is 0 Å². The van der Waals surface area contributed by atoms with Gasteiger partial charge >= 0.3 is 0 Å². The van der Waals surface area contributed by atoms with Gasteiger partial charge in [-0.15, -0.1) is 0 Å². The summed E-state index contributed by atoms with van der Waals surface area (Å²) >= 11 is 0. The lowest BCUT2D eigenvalue weighted by atomic mass is 10.1. The molecule has 0 bridgehead atoms. The average molecular weight is 349 g/mol. The minimum absolute atomic E-state index is 0.0263. The molecule has 0 N–H and O–H groups in total. The molecule has 0 saturated carbocycles. The lowest BCUT2D eigenvalue weighted by Crippen LogP contribution is -2.36. The van der Waals surface area contributed by atoms with Crippen molar-refractivity contribution in [1.29, 1.82) is 0 Å². The summed E-state index contributed by atoms with van der Waals surface area (Å²) < 4.78 is 0. The number of hydrogen-bond acceptors (Lipinski definition) is 4. The lowest BCUT2D eigenvalue weighted by molar-refractivity contribution is -0.132. The van der Waals surface area contributed by atoms with Gasteiger partial charge in [-0.3, -0.25) is 24.3 Å². The third kappa shape index (κ3) is 2.77. The van der Waals surface area contributed by atoms with E-state index in [1.807, 2.05) is 17.0 Å². The smallest absolute Gasteiger partial charge is 0.261 e. The fraction of sp³-hybridized carbons (Fsp3) is 0.300. The molecule has 0 aliphatic carbocycles. The molecule has 3 heterocycles. The molecule has 0 radical (unpaired) electrons. The van der Waals surface area contributed by atoms with E-state index in [4.69, 9.17) is 0 Å². The number of aromatic nitrogens is 1. The van der Waals surface area contributed by atoms with Crippen LogP contribution in [-0.4, -0.2) is 45.6 Å². The third-order valence-electron chi connectivity index (χ3n) is 5.07. The molecule has 0 spiro atoms. The topological polar surface area (TPSA) is 70.6 Å². The van der Waals surface area contributed by atoms with Crippen molar-refractivity contribution < 1.29 is 14.4 Å². The number of rotatable bonds is 4. The second kappa shape index (κ2) is 6.71. The highest BCUT2D eigenvalue weighted by atomic mass is 16.2. The Morgan fingerprint density at radius 3 is 2.46 bits per heavy atom. The van der Waals surface area contributed by atoms with E-state index in [-0.39, 0.29) is 36.7 Å². The predicted molar refractivity (Wildman–Crippen MR) is 94.4 cm³/mol. The molecule has 1 saturated heterocycles. The molecule has 1 atom stereocenters. The van der Waals surface area contributed by atoms with Crippen molar-refractivity contribution in [3.63, 3.8) is 0 Å². The van der Waals surface area contributed by atoms with E-state index >= 15 is 0 Å². The Bertz CT molecular complexity index is 831. The molecule has 2 aliphatic rings. The SMILES string of the molecule is O=C1c2ccccc2C(=O)N1CCC(=O)N1CCCC1c1cccnc1. The van der Waals surface area contributed by atoms with Crippen molar-refractivity contribution >= 4 is 17.7 Å². The fourth-order valence-corrected chi connectivity index (χ4v) is 3.78. The molecule has 3 amide bonds. The molecule has 6 heteroatoms. The van der Waals surface area contributed by atoms with Gasteiger partial charge in [-0.05, 0) is 36.6 Å². The van der Waals surface area contributed by atoms with Gasteiger partial charge in [0.05, 0.1) is 17.2 Å². The number of pyridine rings is 1. The fourth-order valence-electron chi connectivity index (χ4n) is 3.78. The second-order valence-electron chi connectivity index (χ2n) is 6.59. The monoisotopic (exact) mass is 349 g/mol. The second-order valence-corrected chi connectivity index (χ2v) is 6.59. The summed E-state index contributed by atoms with van der Waals surface area (Å²) in [7, 11) is 0. The zero-order chi connectivity index (χ0) is 18.1. The van der Waals surface area contributed by atoms with Crippen LogP contribution in [0.25, 0.3) is 0 Å². The van der Waals surface area contributed by atoms with Crippen LogP contribution in [0.15, 0.2) is 48.8 Å². The van der Waals surface area contributed by atoms with Gasteiger partial charge < -0.3 is 4.90 Å². The lowest BCUT2D eigenvalue weighted by Gasteiger charge is -2.25. The van der Waals surface area contributed by atoms with E-state index in [0.29, 0.717) is 17.7 Å². The van der Waals surface area contributed by atoms with E-state index in [1.54, 1.807) is 36.7 Å². The van der Waals surface area contributed by atoms with Crippen LogP contribution in [0.1, 0.15) is 51.6 Å². The number of nitrogens with zero attached hydrogens (tertiary/aromatic N) is 3. The van der Waals surface area contributed by atoms with Crippen LogP contribution in [0.3, 0.4) is 0 Å². The van der Waals surface area contributed by atoms with Gasteiger partial charge in [0.1, 0.15) is 0 Å². The Morgan fingerprint density at radius 2 is 1.81 bits per heavy atom. The Morgan fingerprint density at radius 1 is 1.08 bits per heavy atom. The molecular weight excluding hydrogens is 330 g/mol. The summed E-state index contributed by atoms with van der Waals surface area (Å²) in [5.41, 5.74) is 1.86. The maximum atomic E-state index is 12.7. The Balaban J connectivity index is 1.43. The van der Waals surface area contributed by atoms with Gasteiger partial charge in [-0.1, -0.05) is 18.2 Å². The molecule has 2 aliphatic heterocycles. The van der Waals surface area contributed by atoms with Gasteiger partial charge in [-0.2, -0.15) is 0 Å². The van der Waals surface area contributed by atoms with Gasteiger partial charge in [0, 0.05) is 31.9 Å². The third-order valence-corrected chi connectivity index (χ3v) is 5.07. The highest BCUT2D eigenvalue weighted by Crippen LogP contribution is 2.32. The van der Waals surface area contributed by atoms with Crippen molar-refractivity contribution in [1.82, 2.24) is 14.8 Å². The van der Waals surface area contributed by atoms with Crippen LogP contribution in [0.5, 0.6) is 0 Å². The largest absolute Gasteiger partial charge is 0.336 e. The molecule has 1 aromatic carbocycles. The first kappa shape index (κ1) is 16.4. The first-order valence-electron chi connectivity index (χ1n) is 8.81. The molecule has 4 rings (SSSR count). The summed E-state index contributed by atoms with van der Waals surface area (Å²) in [4.78, 5) is 44.7. The Labute approximate surface area is 151 Å². The van der Waals surface area contributed by atoms with Gasteiger partial charge in [-0.25, -0.2) is 0 Å². The van der Waals surface area contributed by atoms with Crippen molar-refractivity contribution in [3.05, 3.63) is 65.5 Å². The van der Waals surface area contributed by atoms with E-state index < -0.39 is 0 Å². The summed E-state index contributed by atoms with van der Waals surface area (Å²) in [6.45, 7) is 0.807. The molecule has 132 valence electrons. The first-order chi connectivity index (χ1) is 12.7. The van der Waals surface area contributed by atoms with Crippen LogP contribution in [0.2, 0.25) is 0 Å². The molecular formula is C20H19N3O3. The Kier molecular flexibility index (Phi) is 4.24. The van der Waals surface area contributed by atoms with Gasteiger partial charge in [0.2, 0.25) is 5.91 Å². The quantitative estimate of drug-likeness (QED) is 0.795. The van der Waals surface area contributed by atoms with Crippen molar-refractivity contribution in [2.75, 3.05) is 13.1 Å². The average Bonchev–Trinajstić information content (AvgIpc) is 3.26. The van der Waals surface area contributed by atoms with E-state index in [2.05, 4.69) is 4.98 Å². The normalized spacial score (nSPS) is 19.2. The summed E-state index contributed by atoms with van der Waals surface area (Å²) in [6.07, 6.45) is 5.50. The van der Waals surface area contributed by atoms with E-state index in [1.165, 1.54) is 4.90 Å². The molecule has 1 fully saturated rings. The highest BCUT2D eigenvalue weighted by Gasteiger charge is 2.36. The van der Waals surface area contributed by atoms with Crippen molar-refractivity contribution in [3.8, 4) is 0 Å². The number of likely N-dealkylation sites (tertiary alicyclic amines) is 1. The standard InChI is InChI=1S/C20H19N3O3/c24-18(22-11-4-8-17(22)14-5-3-10-21-13-14)9-12-23-19(25)15-6-1-2-7-16(15)20(23)26/h1-3,5-7,10,13,17H,4,8-9,11-12H2. The van der Waals surface area contributed by atoms with Crippen LogP contribution in [-0.2, 0) is 4.79 Å². The number of carbonyl (C=O) groups is 3. The molecule has 2 aromatic rings. The van der Waals surface area contributed by atoms with Gasteiger partial charge in [0.25, 0.3) is 11.8 Å². The molecule has 1 aromatic heterocycles. The van der Waals surface area contributed by atoms with Crippen LogP contribution in [0, 0.1) is 0 Å². The minimum Gasteiger partial charge on any atom is -0.336 e. The summed E-state index contributed by atoms with van der Waals surface area (Å²) in [5, 5.41) is 0. The summed E-state index contributed by atoms with van der Waals surface area (Å²) in [5.74, 6) is -0.667. The number of carbonyl (C=O) groups excluding carboxylic acids is 3. The number of hydrogen-bond donors (Lipinski definition) is 0. The van der Waals surface area contributed by atoms with E-state index in [0.717, 1.165) is 18.4 Å². The van der Waals surface area contributed by atoms with E-state index in [9.17, 15) is 14.4 Å². The Hall–Kier alpha value is -3.02. The zero-order valence-corrected chi connectivity index (χ0v) is 14.3. The maximum Gasteiger partial charge on any atom is 0.261 e. The van der Waals surface area contributed by atoms with Crippen LogP contribution < -0.4 is 0 Å². The van der Waals surface area contributed by atoms with Crippen molar-refractivity contribution in [2.45, 2.75) is 25.3 Å². The predicted octanol–water partition coefficient (Wildman–Crippen LogP) is 2.43. The number of imide groups is 1. The number of benzene rings is 1. The van der Waals surface area contributed by atoms with Crippen LogP contribution >= 0.6 is 0 Å². The highest BCUT2D eigenvalue weighted by molar-refractivity contribution is 6.21. The molecule has 26 heavy (non-hydrogen) atoms. The first-order valence-corrected chi connectivity index (χ1v) is 8.81. The number of fused-ring (bicyclic) bond motifs is 1.